The predicted molar refractivity (Wildman–Crippen MR) is 66.4 cm³/mol. The lowest BCUT2D eigenvalue weighted by Crippen LogP contribution is -2.07. The highest BCUT2D eigenvalue weighted by atomic mass is 16.6. The van der Waals surface area contributed by atoms with Gasteiger partial charge in [-0.15, -0.1) is 0 Å². The van der Waals surface area contributed by atoms with Gasteiger partial charge in [0, 0.05) is 12.1 Å². The van der Waals surface area contributed by atoms with Gasteiger partial charge in [0.05, 0.1) is 11.0 Å². The van der Waals surface area contributed by atoms with E-state index >= 15 is 0 Å². The van der Waals surface area contributed by atoms with Gasteiger partial charge in [-0.2, -0.15) is 5.10 Å². The van der Waals surface area contributed by atoms with Crippen LogP contribution in [0.2, 0.25) is 0 Å². The molecule has 0 aliphatic heterocycles. The summed E-state index contributed by atoms with van der Waals surface area (Å²) in [5, 5.41) is 17.1. The molecule has 1 heterocycles. The Labute approximate surface area is 108 Å². The summed E-state index contributed by atoms with van der Waals surface area (Å²) in [6.07, 6.45) is 0. The minimum Gasteiger partial charge on any atom is -0.486 e. The molecule has 19 heavy (non-hydrogen) atoms. The zero-order valence-corrected chi connectivity index (χ0v) is 10.2. The van der Waals surface area contributed by atoms with E-state index in [0.717, 1.165) is 0 Å². The van der Waals surface area contributed by atoms with Gasteiger partial charge in [0.1, 0.15) is 12.4 Å². The Kier molecular flexibility index (Phi) is 3.71. The van der Waals surface area contributed by atoms with E-state index < -0.39 is 4.92 Å². The second-order valence-corrected chi connectivity index (χ2v) is 3.97. The van der Waals surface area contributed by atoms with E-state index in [4.69, 9.17) is 10.5 Å². The van der Waals surface area contributed by atoms with E-state index in [0.29, 0.717) is 17.4 Å². The SMILES string of the molecule is C[C@H](N)c1n[nH]c(COc2ccc([N+](=O)[O-])cc2)n1. The Bertz CT molecular complexity index is 564. The lowest BCUT2D eigenvalue weighted by atomic mass is 10.3. The number of aromatic nitrogens is 3. The number of ether oxygens (including phenoxy) is 1. The molecule has 0 fully saturated rings. The smallest absolute Gasteiger partial charge is 0.269 e. The lowest BCUT2D eigenvalue weighted by Gasteiger charge is -2.03. The average Bonchev–Trinajstić information content (AvgIpc) is 2.86. The highest BCUT2D eigenvalue weighted by Gasteiger charge is 2.08. The van der Waals surface area contributed by atoms with Gasteiger partial charge in [-0.1, -0.05) is 0 Å². The maximum Gasteiger partial charge on any atom is 0.269 e. The Morgan fingerprint density at radius 2 is 2.16 bits per heavy atom. The molecule has 0 spiro atoms. The Morgan fingerprint density at radius 3 is 2.68 bits per heavy atom. The number of benzene rings is 1. The summed E-state index contributed by atoms with van der Waals surface area (Å²) in [6.45, 7) is 1.97. The Hall–Kier alpha value is -2.48. The van der Waals surface area contributed by atoms with E-state index in [9.17, 15) is 10.1 Å². The highest BCUT2D eigenvalue weighted by Crippen LogP contribution is 2.18. The van der Waals surface area contributed by atoms with Gasteiger partial charge >= 0.3 is 0 Å². The number of H-pyrrole nitrogens is 1. The van der Waals surface area contributed by atoms with E-state index in [2.05, 4.69) is 15.2 Å². The molecule has 1 aromatic heterocycles. The van der Waals surface area contributed by atoms with Gasteiger partial charge in [-0.05, 0) is 19.1 Å². The van der Waals surface area contributed by atoms with Crippen molar-refractivity contribution in [2.24, 2.45) is 5.73 Å². The molecule has 0 unspecified atom stereocenters. The minimum atomic E-state index is -0.463. The number of nitro benzene ring substituents is 1. The number of rotatable bonds is 5. The van der Waals surface area contributed by atoms with Gasteiger partial charge < -0.3 is 10.5 Å². The summed E-state index contributed by atoms with van der Waals surface area (Å²) in [4.78, 5) is 14.2. The molecule has 1 atom stereocenters. The molecule has 0 aliphatic carbocycles. The fourth-order valence-electron chi connectivity index (χ4n) is 1.39. The molecule has 0 amide bonds. The third-order valence-corrected chi connectivity index (χ3v) is 2.38. The van der Waals surface area contributed by atoms with Gasteiger partial charge in [0.2, 0.25) is 0 Å². The van der Waals surface area contributed by atoms with Crippen LogP contribution < -0.4 is 10.5 Å². The first-order valence-corrected chi connectivity index (χ1v) is 5.60. The van der Waals surface area contributed by atoms with Crippen molar-refractivity contribution in [3.8, 4) is 5.75 Å². The summed E-state index contributed by atoms with van der Waals surface area (Å²) in [6, 6.07) is 5.57. The van der Waals surface area contributed by atoms with Crippen molar-refractivity contribution in [1.29, 1.82) is 0 Å². The monoisotopic (exact) mass is 263 g/mol. The molecule has 8 nitrogen and oxygen atoms in total. The highest BCUT2D eigenvalue weighted by molar-refractivity contribution is 5.35. The van der Waals surface area contributed by atoms with Crippen molar-refractivity contribution in [1.82, 2.24) is 15.2 Å². The van der Waals surface area contributed by atoms with Crippen LogP contribution in [-0.4, -0.2) is 20.1 Å². The number of hydrogen-bond donors (Lipinski definition) is 2. The molecule has 0 saturated carbocycles. The van der Waals surface area contributed by atoms with E-state index in [1.54, 1.807) is 6.92 Å². The quantitative estimate of drug-likeness (QED) is 0.619. The van der Waals surface area contributed by atoms with Gasteiger partial charge in [0.25, 0.3) is 5.69 Å². The molecule has 1 aromatic carbocycles. The summed E-state index contributed by atoms with van der Waals surface area (Å²) < 4.78 is 5.42. The first kappa shape index (κ1) is 13.0. The molecule has 0 aliphatic rings. The van der Waals surface area contributed by atoms with Crippen LogP contribution in [-0.2, 0) is 6.61 Å². The number of nitrogens with two attached hydrogens (primary N) is 1. The molecule has 0 bridgehead atoms. The molecule has 100 valence electrons. The van der Waals surface area contributed by atoms with Crippen LogP contribution >= 0.6 is 0 Å². The first-order chi connectivity index (χ1) is 9.06. The minimum absolute atomic E-state index is 0.0197. The van der Waals surface area contributed by atoms with Crippen LogP contribution in [0.3, 0.4) is 0 Å². The topological polar surface area (TPSA) is 120 Å². The standard InChI is InChI=1S/C11H13N5O3/c1-7(12)11-13-10(14-15-11)6-19-9-4-2-8(3-5-9)16(17)18/h2-5,7H,6,12H2,1H3,(H,13,14,15)/t7-/m0/s1. The van der Waals surface area contributed by atoms with Crippen LogP contribution in [0.1, 0.15) is 24.6 Å². The molecule has 2 aromatic rings. The van der Waals surface area contributed by atoms with Gasteiger partial charge in [0.15, 0.2) is 11.6 Å². The van der Waals surface area contributed by atoms with Crippen LogP contribution in [0.4, 0.5) is 5.69 Å². The second kappa shape index (κ2) is 5.44. The van der Waals surface area contributed by atoms with Crippen LogP contribution in [0, 0.1) is 10.1 Å². The summed E-state index contributed by atoms with van der Waals surface area (Å²) in [5.41, 5.74) is 5.65. The first-order valence-electron chi connectivity index (χ1n) is 5.60. The van der Waals surface area contributed by atoms with Crippen molar-refractivity contribution in [3.05, 3.63) is 46.0 Å². The van der Waals surface area contributed by atoms with Crippen LogP contribution in [0.15, 0.2) is 24.3 Å². The molecule has 8 heteroatoms. The third-order valence-electron chi connectivity index (χ3n) is 2.38. The van der Waals surface area contributed by atoms with E-state index in [-0.39, 0.29) is 18.3 Å². The van der Waals surface area contributed by atoms with Crippen molar-refractivity contribution in [3.63, 3.8) is 0 Å². The Morgan fingerprint density at radius 1 is 1.47 bits per heavy atom. The molecular weight excluding hydrogens is 250 g/mol. The van der Waals surface area contributed by atoms with Crippen molar-refractivity contribution >= 4 is 5.69 Å². The van der Waals surface area contributed by atoms with Gasteiger partial charge in [-0.25, -0.2) is 4.98 Å². The van der Waals surface area contributed by atoms with Crippen molar-refractivity contribution < 1.29 is 9.66 Å². The lowest BCUT2D eigenvalue weighted by molar-refractivity contribution is -0.384. The van der Waals surface area contributed by atoms with Gasteiger partial charge in [-0.3, -0.25) is 15.2 Å². The maximum absolute atomic E-state index is 10.5. The van der Waals surface area contributed by atoms with Crippen molar-refractivity contribution in [2.75, 3.05) is 0 Å². The van der Waals surface area contributed by atoms with E-state index in [1.807, 2.05) is 0 Å². The van der Waals surface area contributed by atoms with Crippen molar-refractivity contribution in [2.45, 2.75) is 19.6 Å². The summed E-state index contributed by atoms with van der Waals surface area (Å²) >= 11 is 0. The molecule has 3 N–H and O–H groups in total. The van der Waals surface area contributed by atoms with E-state index in [1.165, 1.54) is 24.3 Å². The van der Waals surface area contributed by atoms with Crippen LogP contribution in [0.5, 0.6) is 5.75 Å². The fraction of sp³-hybridized carbons (Fsp3) is 0.273. The number of aromatic amines is 1. The number of hydrogen-bond acceptors (Lipinski definition) is 6. The Balaban J connectivity index is 1.96. The molecule has 0 saturated heterocycles. The predicted octanol–water partition coefficient (Wildman–Crippen LogP) is 1.31. The number of nitrogens with one attached hydrogen (secondary N) is 1. The normalized spacial score (nSPS) is 12.1. The zero-order chi connectivity index (χ0) is 13.8. The summed E-state index contributed by atoms with van der Waals surface area (Å²) in [7, 11) is 0. The zero-order valence-electron chi connectivity index (χ0n) is 10.2. The fourth-order valence-corrected chi connectivity index (χ4v) is 1.39. The number of nitrogens with zero attached hydrogens (tertiary/aromatic N) is 3. The summed E-state index contributed by atoms with van der Waals surface area (Å²) in [5.74, 6) is 1.58. The molecular formula is C11H13N5O3. The van der Waals surface area contributed by atoms with Crippen LogP contribution in [0.25, 0.3) is 0 Å². The second-order valence-electron chi connectivity index (χ2n) is 3.97. The largest absolute Gasteiger partial charge is 0.486 e. The number of non-ortho nitro benzene ring substituents is 1. The number of nitro groups is 1. The average molecular weight is 263 g/mol. The maximum atomic E-state index is 10.5. The molecule has 2 rings (SSSR count). The third kappa shape index (κ3) is 3.26. The molecule has 0 radical (unpaired) electrons.